The number of para-hydroxylation sites is 7. The van der Waals surface area contributed by atoms with Crippen molar-refractivity contribution in [3.05, 3.63) is 206 Å². The van der Waals surface area contributed by atoms with Crippen molar-refractivity contribution in [2.75, 3.05) is 4.90 Å². The Kier molecular flexibility index (Phi) is 6.66. The van der Waals surface area contributed by atoms with Gasteiger partial charge in [0.05, 0.1) is 50.2 Å². The molecule has 0 bridgehead atoms. The molecule has 1 aliphatic heterocycles. The first-order chi connectivity index (χ1) is 29.3. The summed E-state index contributed by atoms with van der Waals surface area (Å²) in [6, 6.07) is 74.1. The molecule has 276 valence electrons. The van der Waals surface area contributed by atoms with Crippen molar-refractivity contribution in [2.24, 2.45) is 0 Å². The van der Waals surface area contributed by atoms with E-state index in [4.69, 9.17) is 4.74 Å². The lowest BCUT2D eigenvalue weighted by Crippen LogP contribution is -2.15. The van der Waals surface area contributed by atoms with Gasteiger partial charge in [-0.25, -0.2) is 0 Å². The van der Waals surface area contributed by atoms with Crippen LogP contribution in [0.1, 0.15) is 0 Å². The number of hydrogen-bond donors (Lipinski definition) is 0. The zero-order valence-corrected chi connectivity index (χ0v) is 31.8. The molecule has 0 radical (unpaired) electrons. The van der Waals surface area contributed by atoms with Crippen LogP contribution in [0.2, 0.25) is 0 Å². The molecule has 9 aromatic carbocycles. The predicted octanol–water partition coefficient (Wildman–Crippen LogP) is 14.6. The lowest BCUT2D eigenvalue weighted by molar-refractivity contribution is 0.477. The van der Waals surface area contributed by atoms with Crippen LogP contribution in [0.4, 0.5) is 17.1 Å². The van der Waals surface area contributed by atoms with Crippen LogP contribution in [0, 0.1) is 0 Å². The van der Waals surface area contributed by atoms with Crippen molar-refractivity contribution in [2.45, 2.75) is 0 Å². The lowest BCUT2D eigenvalue weighted by atomic mass is 10.1. The Morgan fingerprint density at radius 1 is 0.288 bits per heavy atom. The maximum Gasteiger partial charge on any atom is 0.153 e. The van der Waals surface area contributed by atoms with Crippen molar-refractivity contribution < 1.29 is 4.74 Å². The number of anilines is 3. The van der Waals surface area contributed by atoms with Crippen LogP contribution >= 0.6 is 0 Å². The van der Waals surface area contributed by atoms with E-state index in [1.165, 1.54) is 54.4 Å². The van der Waals surface area contributed by atoms with E-state index in [0.717, 1.165) is 56.7 Å². The highest BCUT2D eigenvalue weighted by atomic mass is 16.5. The normalized spacial score (nSPS) is 12.5. The largest absolute Gasteiger partial charge is 0.453 e. The van der Waals surface area contributed by atoms with Gasteiger partial charge >= 0.3 is 0 Å². The Morgan fingerprint density at radius 2 is 0.814 bits per heavy atom. The van der Waals surface area contributed by atoms with Crippen LogP contribution in [0.3, 0.4) is 0 Å². The number of aromatic nitrogens is 3. The lowest BCUT2D eigenvalue weighted by Gasteiger charge is -2.33. The Labute approximate surface area is 339 Å². The summed E-state index contributed by atoms with van der Waals surface area (Å²) in [4.78, 5) is 2.30. The number of nitrogens with zero attached hydrogens (tertiary/aromatic N) is 4. The van der Waals surface area contributed by atoms with Crippen LogP contribution in [0.5, 0.6) is 11.5 Å². The summed E-state index contributed by atoms with van der Waals surface area (Å²) < 4.78 is 14.0. The summed E-state index contributed by atoms with van der Waals surface area (Å²) in [5, 5.41) is 7.32. The monoisotopic (exact) mass is 754 g/mol. The first kappa shape index (κ1) is 32.1. The zero-order chi connectivity index (χ0) is 38.6. The average molecular weight is 755 g/mol. The molecule has 5 nitrogen and oxygen atoms in total. The zero-order valence-electron chi connectivity index (χ0n) is 31.8. The topological polar surface area (TPSA) is 27.3 Å². The first-order valence-electron chi connectivity index (χ1n) is 20.1. The van der Waals surface area contributed by atoms with E-state index in [2.05, 4.69) is 219 Å². The SMILES string of the molecule is c1ccc(N2c3ccccc3Oc3cc(-n4c5ccccc5c5ccc6c(c7ccccc7n6-c6ccc7c(c6)c6ccccc6n7-c6ccccc6)c54)ccc32)cc1. The fourth-order valence-electron chi connectivity index (χ4n) is 9.75. The second-order valence-electron chi connectivity index (χ2n) is 15.3. The molecule has 0 amide bonds. The molecule has 0 saturated heterocycles. The second-order valence-corrected chi connectivity index (χ2v) is 15.3. The van der Waals surface area contributed by atoms with Crippen molar-refractivity contribution in [3.8, 4) is 28.6 Å². The summed E-state index contributed by atoms with van der Waals surface area (Å²) in [5.74, 6) is 1.64. The summed E-state index contributed by atoms with van der Waals surface area (Å²) in [7, 11) is 0. The molecule has 3 aromatic heterocycles. The van der Waals surface area contributed by atoms with Gasteiger partial charge in [0.1, 0.15) is 0 Å². The van der Waals surface area contributed by atoms with Crippen LogP contribution in [0.25, 0.3) is 82.5 Å². The van der Waals surface area contributed by atoms with Crippen LogP contribution < -0.4 is 9.64 Å². The molecule has 5 heteroatoms. The standard InChI is InChI=1S/C54H34N4O/c1-3-15-35(16-4-1)55-44-22-10-8-20-40(44)43-33-37(27-30-47(43)55)57-46-24-12-9-21-42(46)53-50(57)32-29-41-39-19-7-11-23-45(39)58(54(41)53)38-28-31-49-52(34-38)59-51-26-14-13-25-48(51)56(49)36-17-5-2-6-18-36/h1-34H. The molecule has 1 aliphatic rings. The van der Waals surface area contributed by atoms with Gasteiger partial charge in [-0.15, -0.1) is 0 Å². The molecule has 0 aliphatic carbocycles. The molecule has 59 heavy (non-hydrogen) atoms. The molecule has 0 N–H and O–H groups in total. The van der Waals surface area contributed by atoms with E-state index in [0.29, 0.717) is 0 Å². The van der Waals surface area contributed by atoms with Gasteiger partial charge in [0.25, 0.3) is 0 Å². The summed E-state index contributed by atoms with van der Waals surface area (Å²) in [6.07, 6.45) is 0. The molecule has 12 aromatic rings. The van der Waals surface area contributed by atoms with E-state index in [-0.39, 0.29) is 0 Å². The Hall–Kier alpha value is -8.02. The average Bonchev–Trinajstić information content (AvgIpc) is 3.94. The highest BCUT2D eigenvalue weighted by Gasteiger charge is 2.27. The molecule has 0 fully saturated rings. The van der Waals surface area contributed by atoms with Gasteiger partial charge in [0.2, 0.25) is 0 Å². The van der Waals surface area contributed by atoms with Gasteiger partial charge in [-0.05, 0) is 91.0 Å². The fraction of sp³-hybridized carbons (Fsp3) is 0. The van der Waals surface area contributed by atoms with Crippen LogP contribution in [-0.4, -0.2) is 13.7 Å². The van der Waals surface area contributed by atoms with Crippen LogP contribution in [0.15, 0.2) is 206 Å². The number of rotatable bonds is 4. The van der Waals surface area contributed by atoms with Crippen molar-refractivity contribution in [1.29, 1.82) is 0 Å². The minimum atomic E-state index is 0.813. The number of hydrogen-bond acceptors (Lipinski definition) is 2. The predicted molar refractivity (Wildman–Crippen MR) is 244 cm³/mol. The van der Waals surface area contributed by atoms with Crippen molar-refractivity contribution in [3.63, 3.8) is 0 Å². The van der Waals surface area contributed by atoms with Crippen LogP contribution in [-0.2, 0) is 0 Å². The second kappa shape index (κ2) is 12.2. The third-order valence-electron chi connectivity index (χ3n) is 12.2. The molecule has 0 spiro atoms. The van der Waals surface area contributed by atoms with Gasteiger partial charge in [-0.2, -0.15) is 0 Å². The van der Waals surface area contributed by atoms with Gasteiger partial charge in [0, 0.05) is 55.4 Å². The van der Waals surface area contributed by atoms with E-state index in [1.807, 2.05) is 6.07 Å². The van der Waals surface area contributed by atoms with E-state index in [9.17, 15) is 0 Å². The molecule has 4 heterocycles. The molecular weight excluding hydrogens is 721 g/mol. The fourth-order valence-corrected chi connectivity index (χ4v) is 9.75. The maximum atomic E-state index is 6.75. The molecule has 0 saturated carbocycles. The molecular formula is C54H34N4O. The smallest absolute Gasteiger partial charge is 0.153 e. The summed E-state index contributed by atoms with van der Waals surface area (Å²) in [6.45, 7) is 0. The minimum Gasteiger partial charge on any atom is -0.453 e. The summed E-state index contributed by atoms with van der Waals surface area (Å²) in [5.41, 5.74) is 13.5. The Morgan fingerprint density at radius 3 is 1.59 bits per heavy atom. The third kappa shape index (κ3) is 4.55. The molecule has 13 rings (SSSR count). The number of benzene rings is 9. The molecule has 0 unspecified atom stereocenters. The van der Waals surface area contributed by atoms with E-state index >= 15 is 0 Å². The number of ether oxygens (including phenoxy) is 1. The third-order valence-corrected chi connectivity index (χ3v) is 12.2. The maximum absolute atomic E-state index is 6.75. The Balaban J connectivity index is 1.07. The quantitative estimate of drug-likeness (QED) is 0.179. The van der Waals surface area contributed by atoms with Gasteiger partial charge in [0.15, 0.2) is 11.5 Å². The minimum absolute atomic E-state index is 0.813. The van der Waals surface area contributed by atoms with Gasteiger partial charge in [-0.1, -0.05) is 109 Å². The van der Waals surface area contributed by atoms with E-state index < -0.39 is 0 Å². The van der Waals surface area contributed by atoms with Crippen molar-refractivity contribution >= 4 is 82.5 Å². The highest BCUT2D eigenvalue weighted by Crippen LogP contribution is 2.51. The van der Waals surface area contributed by atoms with E-state index in [1.54, 1.807) is 0 Å². The molecule has 0 atom stereocenters. The number of fused-ring (bicyclic) bond motifs is 12. The first-order valence-corrected chi connectivity index (χ1v) is 20.1. The van der Waals surface area contributed by atoms with Crippen molar-refractivity contribution in [1.82, 2.24) is 13.7 Å². The summed E-state index contributed by atoms with van der Waals surface area (Å²) >= 11 is 0. The van der Waals surface area contributed by atoms with Gasteiger partial charge < -0.3 is 23.3 Å². The van der Waals surface area contributed by atoms with Gasteiger partial charge in [-0.3, -0.25) is 0 Å². The highest BCUT2D eigenvalue weighted by molar-refractivity contribution is 6.26. The Bertz CT molecular complexity index is 3650.